The highest BCUT2D eigenvalue weighted by atomic mass is 16.6. The maximum Gasteiger partial charge on any atom is 0.270 e. The summed E-state index contributed by atoms with van der Waals surface area (Å²) in [6.45, 7) is 4.92. The molecule has 1 amide bonds. The van der Waals surface area contributed by atoms with Gasteiger partial charge in [-0.3, -0.25) is 14.9 Å². The van der Waals surface area contributed by atoms with Gasteiger partial charge < -0.3 is 10.1 Å². The van der Waals surface area contributed by atoms with E-state index >= 15 is 0 Å². The normalized spacial score (nSPS) is 10.5. The lowest BCUT2D eigenvalue weighted by Crippen LogP contribution is -2.12. The molecule has 2 aromatic carbocycles. The first kappa shape index (κ1) is 17.5. The van der Waals surface area contributed by atoms with Gasteiger partial charge in [0.1, 0.15) is 5.75 Å². The number of carbonyl (C=O) groups is 1. The second-order valence-corrected chi connectivity index (χ2v) is 5.82. The third-order valence-corrected chi connectivity index (χ3v) is 3.40. The zero-order valence-electron chi connectivity index (χ0n) is 13.7. The van der Waals surface area contributed by atoms with Crippen LogP contribution in [0.2, 0.25) is 0 Å². The zero-order chi connectivity index (χ0) is 17.5. The van der Waals surface area contributed by atoms with Crippen molar-refractivity contribution in [1.82, 2.24) is 0 Å². The van der Waals surface area contributed by atoms with E-state index in [0.29, 0.717) is 18.2 Å². The van der Waals surface area contributed by atoms with E-state index in [1.165, 1.54) is 24.3 Å². The Balaban J connectivity index is 1.97. The summed E-state index contributed by atoms with van der Waals surface area (Å²) < 4.78 is 5.62. The number of nitro groups is 1. The van der Waals surface area contributed by atoms with E-state index in [1.54, 1.807) is 24.3 Å². The average molecular weight is 328 g/mol. The molecule has 2 aromatic rings. The summed E-state index contributed by atoms with van der Waals surface area (Å²) in [7, 11) is 0. The Morgan fingerprint density at radius 2 is 1.92 bits per heavy atom. The van der Waals surface area contributed by atoms with Crippen molar-refractivity contribution in [1.29, 1.82) is 0 Å². The van der Waals surface area contributed by atoms with Crippen molar-refractivity contribution >= 4 is 17.3 Å². The molecule has 24 heavy (non-hydrogen) atoms. The fraction of sp³-hybridized carbons (Fsp3) is 0.278. The molecule has 0 aliphatic rings. The molecule has 0 heterocycles. The van der Waals surface area contributed by atoms with Crippen molar-refractivity contribution in [3.63, 3.8) is 0 Å². The monoisotopic (exact) mass is 328 g/mol. The number of amides is 1. The molecule has 0 bridgehead atoms. The number of non-ortho nitro benzene ring substituents is 1. The van der Waals surface area contributed by atoms with Crippen LogP contribution in [0.25, 0.3) is 0 Å². The molecule has 0 fully saturated rings. The van der Waals surface area contributed by atoms with E-state index in [9.17, 15) is 14.9 Å². The van der Waals surface area contributed by atoms with Crippen molar-refractivity contribution in [2.75, 3.05) is 11.9 Å². The van der Waals surface area contributed by atoms with Crippen LogP contribution >= 0.6 is 0 Å². The van der Waals surface area contributed by atoms with Gasteiger partial charge in [-0.1, -0.05) is 19.9 Å². The Kier molecular flexibility index (Phi) is 5.89. The summed E-state index contributed by atoms with van der Waals surface area (Å²) in [5.41, 5.74) is 0.723. The highest BCUT2D eigenvalue weighted by Gasteiger charge is 2.11. The maximum absolute atomic E-state index is 12.2. The summed E-state index contributed by atoms with van der Waals surface area (Å²) >= 11 is 0. The second-order valence-electron chi connectivity index (χ2n) is 5.82. The number of hydrogen-bond donors (Lipinski definition) is 1. The van der Waals surface area contributed by atoms with Gasteiger partial charge in [0.15, 0.2) is 0 Å². The minimum Gasteiger partial charge on any atom is -0.494 e. The molecule has 126 valence electrons. The number of ether oxygens (including phenoxy) is 1. The van der Waals surface area contributed by atoms with Gasteiger partial charge in [0, 0.05) is 23.4 Å². The SMILES string of the molecule is CC(C)CCOc1ccc(NC(=O)c2cccc([N+](=O)[O-])c2)cc1. The fourth-order valence-electron chi connectivity index (χ4n) is 2.01. The van der Waals surface area contributed by atoms with Crippen molar-refractivity contribution < 1.29 is 14.5 Å². The van der Waals surface area contributed by atoms with Gasteiger partial charge in [0.25, 0.3) is 11.6 Å². The van der Waals surface area contributed by atoms with Crippen molar-refractivity contribution in [2.45, 2.75) is 20.3 Å². The summed E-state index contributed by atoms with van der Waals surface area (Å²) in [5, 5.41) is 13.5. The number of nitrogens with one attached hydrogen (secondary N) is 1. The summed E-state index contributed by atoms with van der Waals surface area (Å²) in [4.78, 5) is 22.4. The van der Waals surface area contributed by atoms with Gasteiger partial charge in [-0.15, -0.1) is 0 Å². The van der Waals surface area contributed by atoms with E-state index in [2.05, 4.69) is 19.2 Å². The van der Waals surface area contributed by atoms with E-state index in [0.717, 1.165) is 12.2 Å². The number of hydrogen-bond acceptors (Lipinski definition) is 4. The predicted octanol–water partition coefficient (Wildman–Crippen LogP) is 4.27. The average Bonchev–Trinajstić information content (AvgIpc) is 2.56. The van der Waals surface area contributed by atoms with E-state index < -0.39 is 10.8 Å². The molecule has 2 rings (SSSR count). The molecule has 0 atom stereocenters. The minimum atomic E-state index is -0.528. The Morgan fingerprint density at radius 3 is 2.54 bits per heavy atom. The van der Waals surface area contributed by atoms with E-state index in [1.807, 2.05) is 0 Å². The summed E-state index contributed by atoms with van der Waals surface area (Å²) in [6.07, 6.45) is 0.977. The van der Waals surface area contributed by atoms with Crippen LogP contribution in [0.5, 0.6) is 5.75 Å². The van der Waals surface area contributed by atoms with Crippen LogP contribution in [0, 0.1) is 16.0 Å². The van der Waals surface area contributed by atoms with Gasteiger partial charge in [0.05, 0.1) is 11.5 Å². The van der Waals surface area contributed by atoms with Gasteiger partial charge in [-0.25, -0.2) is 0 Å². The standard InChI is InChI=1S/C18H20N2O4/c1-13(2)10-11-24-17-8-6-15(7-9-17)19-18(21)14-4-3-5-16(12-14)20(22)23/h3-9,12-13H,10-11H2,1-2H3,(H,19,21). The molecule has 0 saturated heterocycles. The largest absolute Gasteiger partial charge is 0.494 e. The van der Waals surface area contributed by atoms with Gasteiger partial charge in [-0.05, 0) is 42.7 Å². The Labute approximate surface area is 140 Å². The maximum atomic E-state index is 12.2. The first-order valence-electron chi connectivity index (χ1n) is 7.74. The Hall–Kier alpha value is -2.89. The van der Waals surface area contributed by atoms with Crippen LogP contribution in [-0.4, -0.2) is 17.4 Å². The third-order valence-electron chi connectivity index (χ3n) is 3.40. The number of benzene rings is 2. The lowest BCUT2D eigenvalue weighted by molar-refractivity contribution is -0.384. The molecule has 0 radical (unpaired) electrons. The van der Waals surface area contributed by atoms with Gasteiger partial charge in [-0.2, -0.15) is 0 Å². The molecule has 0 aliphatic heterocycles. The van der Waals surface area contributed by atoms with Gasteiger partial charge >= 0.3 is 0 Å². The highest BCUT2D eigenvalue weighted by Crippen LogP contribution is 2.18. The van der Waals surface area contributed by atoms with Crippen LogP contribution in [0.4, 0.5) is 11.4 Å². The first-order valence-corrected chi connectivity index (χ1v) is 7.74. The molecule has 0 aliphatic carbocycles. The van der Waals surface area contributed by atoms with E-state index in [4.69, 9.17) is 4.74 Å². The van der Waals surface area contributed by atoms with Crippen molar-refractivity contribution in [2.24, 2.45) is 5.92 Å². The fourth-order valence-corrected chi connectivity index (χ4v) is 2.01. The molecule has 0 unspecified atom stereocenters. The minimum absolute atomic E-state index is 0.114. The number of anilines is 1. The van der Waals surface area contributed by atoms with E-state index in [-0.39, 0.29) is 11.3 Å². The van der Waals surface area contributed by atoms with Crippen molar-refractivity contribution in [3.05, 3.63) is 64.2 Å². The van der Waals surface area contributed by atoms with Crippen LogP contribution in [0.3, 0.4) is 0 Å². The van der Waals surface area contributed by atoms with Crippen LogP contribution in [0.15, 0.2) is 48.5 Å². The molecular formula is C18H20N2O4. The smallest absolute Gasteiger partial charge is 0.270 e. The van der Waals surface area contributed by atoms with Crippen LogP contribution in [-0.2, 0) is 0 Å². The van der Waals surface area contributed by atoms with Gasteiger partial charge in [0.2, 0.25) is 0 Å². The molecule has 6 heteroatoms. The molecule has 0 saturated carbocycles. The quantitative estimate of drug-likeness (QED) is 0.608. The highest BCUT2D eigenvalue weighted by molar-refractivity contribution is 6.04. The van der Waals surface area contributed by atoms with Crippen LogP contribution < -0.4 is 10.1 Å². The summed E-state index contributed by atoms with van der Waals surface area (Å²) in [6, 6.07) is 12.6. The molecule has 0 aromatic heterocycles. The molecule has 0 spiro atoms. The topological polar surface area (TPSA) is 81.5 Å². The zero-order valence-corrected chi connectivity index (χ0v) is 13.7. The lowest BCUT2D eigenvalue weighted by Gasteiger charge is -2.09. The second kappa shape index (κ2) is 8.10. The predicted molar refractivity (Wildman–Crippen MR) is 92.4 cm³/mol. The molecule has 6 nitrogen and oxygen atoms in total. The number of nitro benzene ring substituents is 1. The number of rotatable bonds is 7. The molecule has 1 N–H and O–H groups in total. The Morgan fingerprint density at radius 1 is 1.21 bits per heavy atom. The first-order chi connectivity index (χ1) is 11.5. The Bertz CT molecular complexity index is 711. The summed E-state index contributed by atoms with van der Waals surface area (Å²) in [5.74, 6) is 0.926. The van der Waals surface area contributed by atoms with Crippen LogP contribution in [0.1, 0.15) is 30.6 Å². The van der Waals surface area contributed by atoms with Crippen molar-refractivity contribution in [3.8, 4) is 5.75 Å². The lowest BCUT2D eigenvalue weighted by atomic mass is 10.1. The number of nitrogens with zero attached hydrogens (tertiary/aromatic N) is 1. The molecular weight excluding hydrogens is 308 g/mol. The number of carbonyl (C=O) groups excluding carboxylic acids is 1. The third kappa shape index (κ3) is 5.08.